The molecule has 0 N–H and O–H groups in total. The van der Waals surface area contributed by atoms with Crippen LogP contribution in [-0.2, 0) is 6.54 Å². The lowest BCUT2D eigenvalue weighted by atomic mass is 10.3. The predicted molar refractivity (Wildman–Crippen MR) is 63.3 cm³/mol. The van der Waals surface area contributed by atoms with Crippen molar-refractivity contribution in [3.8, 4) is 0 Å². The van der Waals surface area contributed by atoms with Crippen molar-refractivity contribution in [2.24, 2.45) is 0 Å². The molecule has 84 valence electrons. The lowest BCUT2D eigenvalue weighted by Crippen LogP contribution is -2.30. The van der Waals surface area contributed by atoms with Gasteiger partial charge in [0.05, 0.1) is 11.9 Å². The van der Waals surface area contributed by atoms with E-state index in [1.54, 1.807) is 39.3 Å². The van der Waals surface area contributed by atoms with Gasteiger partial charge in [0, 0.05) is 11.9 Å². The Morgan fingerprint density at radius 3 is 3.24 bits per heavy atom. The predicted octanol–water partition coefficient (Wildman–Crippen LogP) is 0.545. The third kappa shape index (κ3) is 1.06. The molecule has 3 aromatic rings. The van der Waals surface area contributed by atoms with Gasteiger partial charge in [-0.1, -0.05) is 11.8 Å². The molecule has 0 saturated heterocycles. The van der Waals surface area contributed by atoms with Crippen molar-refractivity contribution in [2.45, 2.75) is 11.7 Å². The van der Waals surface area contributed by atoms with E-state index < -0.39 is 0 Å². The molecule has 17 heavy (non-hydrogen) atoms. The van der Waals surface area contributed by atoms with Crippen LogP contribution in [-0.4, -0.2) is 30.1 Å². The summed E-state index contributed by atoms with van der Waals surface area (Å²) in [5, 5.41) is 9.59. The fraction of sp³-hybridized carbons (Fsp3) is 0.200. The van der Waals surface area contributed by atoms with E-state index in [4.69, 9.17) is 0 Å². The molecule has 4 rings (SSSR count). The molecule has 0 aliphatic carbocycles. The van der Waals surface area contributed by atoms with Crippen LogP contribution in [0.5, 0.6) is 0 Å². The molecule has 0 saturated carbocycles. The maximum absolute atomic E-state index is 12.3. The van der Waals surface area contributed by atoms with Crippen LogP contribution in [0.25, 0.3) is 16.6 Å². The fourth-order valence-electron chi connectivity index (χ4n) is 2.13. The number of aromatic nitrogens is 5. The van der Waals surface area contributed by atoms with Crippen LogP contribution in [0.2, 0.25) is 0 Å². The topological polar surface area (TPSA) is 65.1 Å². The number of hydrogen-bond donors (Lipinski definition) is 0. The molecule has 4 heterocycles. The highest BCUT2D eigenvalue weighted by molar-refractivity contribution is 7.99. The standard InChI is InChI=1S/C10H7N5OS/c16-9-6-2-1-3-11-7(6)8-12-13-10-15(8)14(9)4-5-17-10/h1-3H,4-5H2. The van der Waals surface area contributed by atoms with Crippen LogP contribution in [0.4, 0.5) is 0 Å². The van der Waals surface area contributed by atoms with E-state index in [1.807, 2.05) is 0 Å². The van der Waals surface area contributed by atoms with E-state index in [0.29, 0.717) is 23.1 Å². The number of hydrogen-bond acceptors (Lipinski definition) is 5. The number of aryl methyl sites for hydroxylation is 1. The third-order valence-corrected chi connectivity index (χ3v) is 3.77. The molecule has 7 heteroatoms. The van der Waals surface area contributed by atoms with Crippen molar-refractivity contribution in [2.75, 3.05) is 5.75 Å². The summed E-state index contributed by atoms with van der Waals surface area (Å²) < 4.78 is 3.46. The quantitative estimate of drug-likeness (QED) is 0.578. The highest BCUT2D eigenvalue weighted by Gasteiger charge is 2.20. The summed E-state index contributed by atoms with van der Waals surface area (Å²) in [6.07, 6.45) is 1.67. The minimum absolute atomic E-state index is 0.0260. The Morgan fingerprint density at radius 1 is 1.35 bits per heavy atom. The molecule has 0 amide bonds. The van der Waals surface area contributed by atoms with Gasteiger partial charge < -0.3 is 0 Å². The molecular weight excluding hydrogens is 238 g/mol. The first-order valence-electron chi connectivity index (χ1n) is 5.22. The number of nitrogens with zero attached hydrogens (tertiary/aromatic N) is 5. The second kappa shape index (κ2) is 3.07. The molecule has 0 atom stereocenters. The first-order chi connectivity index (χ1) is 8.36. The van der Waals surface area contributed by atoms with E-state index in [2.05, 4.69) is 15.2 Å². The molecule has 1 aliphatic heterocycles. The SMILES string of the molecule is O=c1c2cccnc2c2nnc3n2n1CCS3. The maximum atomic E-state index is 12.3. The van der Waals surface area contributed by atoms with Crippen LogP contribution in [0.3, 0.4) is 0 Å². The zero-order chi connectivity index (χ0) is 11.4. The molecular formula is C10H7N5OS. The molecule has 3 aromatic heterocycles. The Hall–Kier alpha value is -1.89. The van der Waals surface area contributed by atoms with Crippen LogP contribution < -0.4 is 5.56 Å². The van der Waals surface area contributed by atoms with Gasteiger partial charge in [0.15, 0.2) is 0 Å². The highest BCUT2D eigenvalue weighted by atomic mass is 32.2. The Balaban J connectivity index is 2.39. The maximum Gasteiger partial charge on any atom is 0.275 e. The Bertz CT molecular complexity index is 805. The van der Waals surface area contributed by atoms with Crippen molar-refractivity contribution in [3.63, 3.8) is 0 Å². The summed E-state index contributed by atoms with van der Waals surface area (Å²) in [4.78, 5) is 16.5. The number of pyridine rings is 1. The van der Waals surface area contributed by atoms with Crippen molar-refractivity contribution in [1.29, 1.82) is 0 Å². The summed E-state index contributed by atoms with van der Waals surface area (Å²) in [6.45, 7) is 0.676. The molecule has 0 spiro atoms. The van der Waals surface area contributed by atoms with Gasteiger partial charge in [0.1, 0.15) is 5.52 Å². The highest BCUT2D eigenvalue weighted by Crippen LogP contribution is 2.23. The van der Waals surface area contributed by atoms with E-state index >= 15 is 0 Å². The second-order valence-electron chi connectivity index (χ2n) is 3.79. The van der Waals surface area contributed by atoms with E-state index in [-0.39, 0.29) is 5.56 Å². The normalized spacial score (nSPS) is 14.6. The van der Waals surface area contributed by atoms with E-state index in [0.717, 1.165) is 10.9 Å². The summed E-state index contributed by atoms with van der Waals surface area (Å²) in [5.41, 5.74) is 1.25. The monoisotopic (exact) mass is 245 g/mol. The number of rotatable bonds is 0. The van der Waals surface area contributed by atoms with Gasteiger partial charge in [0.25, 0.3) is 5.56 Å². The fourth-order valence-corrected chi connectivity index (χ4v) is 2.98. The summed E-state index contributed by atoms with van der Waals surface area (Å²) in [6, 6.07) is 3.55. The molecule has 0 radical (unpaired) electrons. The molecule has 0 unspecified atom stereocenters. The largest absolute Gasteiger partial charge is 0.275 e. The number of thioether (sulfide) groups is 1. The van der Waals surface area contributed by atoms with Gasteiger partial charge in [-0.2, -0.15) is 0 Å². The first kappa shape index (κ1) is 9.17. The zero-order valence-electron chi connectivity index (χ0n) is 8.70. The smallest absolute Gasteiger partial charge is 0.267 e. The van der Waals surface area contributed by atoms with Crippen LogP contribution in [0.1, 0.15) is 0 Å². The lowest BCUT2D eigenvalue weighted by Gasteiger charge is -2.15. The molecule has 0 fully saturated rings. The second-order valence-corrected chi connectivity index (χ2v) is 4.86. The van der Waals surface area contributed by atoms with Crippen molar-refractivity contribution >= 4 is 28.3 Å². The summed E-state index contributed by atoms with van der Waals surface area (Å²) >= 11 is 1.61. The molecule has 1 aliphatic rings. The van der Waals surface area contributed by atoms with Gasteiger partial charge in [-0.3, -0.25) is 9.78 Å². The molecule has 0 bridgehead atoms. The van der Waals surface area contributed by atoms with Gasteiger partial charge in [-0.05, 0) is 12.1 Å². The van der Waals surface area contributed by atoms with E-state index in [9.17, 15) is 4.79 Å². The Morgan fingerprint density at radius 2 is 2.29 bits per heavy atom. The average molecular weight is 245 g/mol. The van der Waals surface area contributed by atoms with Gasteiger partial charge >= 0.3 is 0 Å². The van der Waals surface area contributed by atoms with Crippen LogP contribution >= 0.6 is 11.8 Å². The Kier molecular flexibility index (Phi) is 1.66. The minimum atomic E-state index is -0.0260. The third-order valence-electron chi connectivity index (χ3n) is 2.87. The first-order valence-corrected chi connectivity index (χ1v) is 6.20. The number of fused-ring (bicyclic) bond motifs is 2. The van der Waals surface area contributed by atoms with Crippen molar-refractivity contribution in [1.82, 2.24) is 24.4 Å². The van der Waals surface area contributed by atoms with Gasteiger partial charge in [-0.25, -0.2) is 9.20 Å². The van der Waals surface area contributed by atoms with Crippen molar-refractivity contribution in [3.05, 3.63) is 28.7 Å². The average Bonchev–Trinajstić information content (AvgIpc) is 2.81. The summed E-state index contributed by atoms with van der Waals surface area (Å²) in [7, 11) is 0. The van der Waals surface area contributed by atoms with Gasteiger partial charge in [-0.15, -0.1) is 10.2 Å². The van der Waals surface area contributed by atoms with Crippen LogP contribution in [0, 0.1) is 0 Å². The van der Waals surface area contributed by atoms with Crippen molar-refractivity contribution < 1.29 is 0 Å². The summed E-state index contributed by atoms with van der Waals surface area (Å²) in [5.74, 6) is 0.847. The zero-order valence-corrected chi connectivity index (χ0v) is 9.52. The van der Waals surface area contributed by atoms with Gasteiger partial charge in [0.2, 0.25) is 10.8 Å². The Labute approximate surface area is 99.3 Å². The minimum Gasteiger partial charge on any atom is -0.267 e. The molecule has 6 nitrogen and oxygen atoms in total. The van der Waals surface area contributed by atoms with E-state index in [1.165, 1.54) is 0 Å². The molecule has 0 aromatic carbocycles. The lowest BCUT2D eigenvalue weighted by molar-refractivity contribution is 0.540. The van der Waals surface area contributed by atoms with Crippen LogP contribution in [0.15, 0.2) is 28.3 Å².